The van der Waals surface area contributed by atoms with E-state index >= 15 is 0 Å². The molecular weight excluding hydrogens is 262 g/mol. The van der Waals surface area contributed by atoms with E-state index in [1.165, 1.54) is 11.1 Å². The van der Waals surface area contributed by atoms with E-state index in [4.69, 9.17) is 0 Å². The average Bonchev–Trinajstić information content (AvgIpc) is 3.18. The molecule has 1 heterocycles. The van der Waals surface area contributed by atoms with Crippen molar-refractivity contribution in [3.8, 4) is 0 Å². The number of aliphatic hydroxyl groups is 1. The van der Waals surface area contributed by atoms with Crippen LogP contribution in [0.2, 0.25) is 0 Å². The third kappa shape index (κ3) is 1.94. The molecular formula is C18H23NO2. The summed E-state index contributed by atoms with van der Waals surface area (Å²) in [7, 11) is 0. The van der Waals surface area contributed by atoms with E-state index in [1.807, 2.05) is 4.90 Å². The summed E-state index contributed by atoms with van der Waals surface area (Å²) in [4.78, 5) is 14.9. The van der Waals surface area contributed by atoms with Crippen molar-refractivity contribution >= 4 is 5.91 Å². The van der Waals surface area contributed by atoms with Crippen LogP contribution < -0.4 is 0 Å². The predicted molar refractivity (Wildman–Crippen MR) is 81.0 cm³/mol. The highest BCUT2D eigenvalue weighted by Gasteiger charge is 2.57. The van der Waals surface area contributed by atoms with Crippen LogP contribution in [0.5, 0.6) is 0 Å². The van der Waals surface area contributed by atoms with E-state index in [0.717, 1.165) is 32.1 Å². The van der Waals surface area contributed by atoms with Crippen molar-refractivity contribution in [2.45, 2.75) is 50.0 Å². The molecule has 0 radical (unpaired) electrons. The fourth-order valence-electron chi connectivity index (χ4n) is 4.04. The van der Waals surface area contributed by atoms with Gasteiger partial charge in [0.2, 0.25) is 5.91 Å². The summed E-state index contributed by atoms with van der Waals surface area (Å²) in [6.07, 6.45) is 5.28. The van der Waals surface area contributed by atoms with Gasteiger partial charge in [-0.3, -0.25) is 4.79 Å². The summed E-state index contributed by atoms with van der Waals surface area (Å²) in [5.74, 6) is 0.683. The zero-order chi connectivity index (χ0) is 14.7. The second-order valence-electron chi connectivity index (χ2n) is 7.34. The Morgan fingerprint density at radius 1 is 1.29 bits per heavy atom. The van der Waals surface area contributed by atoms with Gasteiger partial charge in [0.15, 0.2) is 0 Å². The van der Waals surface area contributed by atoms with Crippen LogP contribution in [0, 0.1) is 12.8 Å². The maximum absolute atomic E-state index is 13.0. The van der Waals surface area contributed by atoms with E-state index in [9.17, 15) is 9.90 Å². The molecule has 21 heavy (non-hydrogen) atoms. The second kappa shape index (κ2) is 4.33. The second-order valence-corrected chi connectivity index (χ2v) is 7.34. The largest absolute Gasteiger partial charge is 0.386 e. The molecule has 0 bridgehead atoms. The van der Waals surface area contributed by atoms with Crippen molar-refractivity contribution in [2.75, 3.05) is 13.1 Å². The van der Waals surface area contributed by atoms with E-state index in [0.29, 0.717) is 19.0 Å². The van der Waals surface area contributed by atoms with E-state index < -0.39 is 5.60 Å². The topological polar surface area (TPSA) is 40.5 Å². The van der Waals surface area contributed by atoms with Crippen LogP contribution in [-0.4, -0.2) is 34.6 Å². The van der Waals surface area contributed by atoms with Gasteiger partial charge in [-0.25, -0.2) is 0 Å². The normalized spacial score (nSPS) is 25.9. The molecule has 2 aliphatic carbocycles. The van der Waals surface area contributed by atoms with Gasteiger partial charge in [0.1, 0.15) is 5.60 Å². The van der Waals surface area contributed by atoms with Gasteiger partial charge >= 0.3 is 0 Å². The van der Waals surface area contributed by atoms with E-state index in [1.54, 1.807) is 0 Å². The van der Waals surface area contributed by atoms with Gasteiger partial charge in [-0.05, 0) is 44.1 Å². The summed E-state index contributed by atoms with van der Waals surface area (Å²) in [5, 5.41) is 10.4. The first-order valence-electron chi connectivity index (χ1n) is 8.12. The summed E-state index contributed by atoms with van der Waals surface area (Å²) in [6.45, 7) is 3.17. The fraction of sp³-hybridized carbons (Fsp3) is 0.611. The van der Waals surface area contributed by atoms with Gasteiger partial charge in [-0.2, -0.15) is 0 Å². The van der Waals surface area contributed by atoms with Crippen LogP contribution in [0.4, 0.5) is 0 Å². The van der Waals surface area contributed by atoms with E-state index in [-0.39, 0.29) is 11.3 Å². The molecule has 1 aromatic rings. The van der Waals surface area contributed by atoms with Gasteiger partial charge < -0.3 is 10.0 Å². The predicted octanol–water partition coefficient (Wildman–Crippen LogP) is 2.40. The molecule has 0 atom stereocenters. The number of carbonyl (C=O) groups excluding carboxylic acids is 1. The van der Waals surface area contributed by atoms with Gasteiger partial charge in [0.25, 0.3) is 0 Å². The monoisotopic (exact) mass is 285 g/mol. The van der Waals surface area contributed by atoms with Crippen LogP contribution in [0.15, 0.2) is 24.3 Å². The Kier molecular flexibility index (Phi) is 2.74. The van der Waals surface area contributed by atoms with E-state index in [2.05, 4.69) is 31.2 Å². The molecule has 3 aliphatic rings. The first-order valence-corrected chi connectivity index (χ1v) is 8.12. The van der Waals surface area contributed by atoms with Crippen LogP contribution in [0.3, 0.4) is 0 Å². The zero-order valence-electron chi connectivity index (χ0n) is 12.6. The number of nitrogens with zero attached hydrogens (tertiary/aromatic N) is 1. The summed E-state index contributed by atoms with van der Waals surface area (Å²) >= 11 is 0. The molecule has 2 saturated carbocycles. The number of hydrogen-bond acceptors (Lipinski definition) is 2. The number of aryl methyl sites for hydroxylation is 1. The molecule has 4 rings (SSSR count). The lowest BCUT2D eigenvalue weighted by molar-refractivity contribution is -0.168. The van der Waals surface area contributed by atoms with Crippen molar-refractivity contribution in [2.24, 2.45) is 5.92 Å². The van der Waals surface area contributed by atoms with Crippen LogP contribution >= 0.6 is 0 Å². The minimum Gasteiger partial charge on any atom is -0.386 e. The standard InChI is InChI=1S/C18H23NO2/c1-13-4-2-5-15(10-13)17(8-3-9-17)16(20)19-11-18(21,12-19)14-6-7-14/h2,4-5,10,14,21H,3,6-9,11-12H2,1H3. The summed E-state index contributed by atoms with van der Waals surface area (Å²) < 4.78 is 0. The molecule has 3 nitrogen and oxygen atoms in total. The minimum absolute atomic E-state index is 0.240. The maximum Gasteiger partial charge on any atom is 0.233 e. The molecule has 112 valence electrons. The quantitative estimate of drug-likeness (QED) is 0.926. The molecule has 1 aliphatic heterocycles. The number of rotatable bonds is 3. The number of amides is 1. The van der Waals surface area contributed by atoms with Gasteiger partial charge in [0.05, 0.1) is 18.5 Å². The van der Waals surface area contributed by atoms with Crippen molar-refractivity contribution in [1.29, 1.82) is 0 Å². The highest BCUT2D eigenvalue weighted by Crippen LogP contribution is 2.49. The first-order chi connectivity index (χ1) is 10.0. The lowest BCUT2D eigenvalue weighted by atomic mass is 9.62. The smallest absolute Gasteiger partial charge is 0.233 e. The Balaban J connectivity index is 1.55. The Morgan fingerprint density at radius 3 is 2.52 bits per heavy atom. The molecule has 0 aromatic heterocycles. The Labute approximate surface area is 126 Å². The molecule has 1 N–H and O–H groups in total. The van der Waals surface area contributed by atoms with Crippen LogP contribution in [-0.2, 0) is 10.2 Å². The lowest BCUT2D eigenvalue weighted by Gasteiger charge is -2.52. The number of hydrogen-bond donors (Lipinski definition) is 1. The maximum atomic E-state index is 13.0. The van der Waals surface area contributed by atoms with Gasteiger partial charge in [-0.15, -0.1) is 0 Å². The number of carbonyl (C=O) groups is 1. The Morgan fingerprint density at radius 2 is 2.00 bits per heavy atom. The SMILES string of the molecule is Cc1cccc(C2(C(=O)N3CC(O)(C4CC4)C3)CCC2)c1. The molecule has 3 heteroatoms. The zero-order valence-corrected chi connectivity index (χ0v) is 12.6. The molecule has 0 spiro atoms. The first kappa shape index (κ1) is 13.3. The molecule has 0 unspecified atom stereocenters. The third-order valence-electron chi connectivity index (χ3n) is 5.74. The minimum atomic E-state index is -0.576. The summed E-state index contributed by atoms with van der Waals surface area (Å²) in [5.41, 5.74) is 1.50. The van der Waals surface area contributed by atoms with Crippen molar-refractivity contribution in [1.82, 2.24) is 4.90 Å². The fourth-order valence-corrected chi connectivity index (χ4v) is 4.04. The van der Waals surface area contributed by atoms with Crippen LogP contribution in [0.1, 0.15) is 43.2 Å². The van der Waals surface area contributed by atoms with Crippen molar-refractivity contribution in [3.05, 3.63) is 35.4 Å². The third-order valence-corrected chi connectivity index (χ3v) is 5.74. The Bertz CT molecular complexity index is 581. The highest BCUT2D eigenvalue weighted by molar-refractivity contribution is 5.90. The molecule has 1 aromatic carbocycles. The number of benzene rings is 1. The molecule has 1 amide bonds. The highest BCUT2D eigenvalue weighted by atomic mass is 16.3. The van der Waals surface area contributed by atoms with Gasteiger partial charge in [-0.1, -0.05) is 36.2 Å². The van der Waals surface area contributed by atoms with Crippen molar-refractivity contribution in [3.63, 3.8) is 0 Å². The van der Waals surface area contributed by atoms with Gasteiger partial charge in [0, 0.05) is 0 Å². The number of β-amino-alcohol motifs (C(OH)–C–C–N with tert-alkyl or cyclic N) is 1. The molecule has 1 saturated heterocycles. The Hall–Kier alpha value is -1.35. The lowest BCUT2D eigenvalue weighted by Crippen LogP contribution is -2.68. The average molecular weight is 285 g/mol. The molecule has 3 fully saturated rings. The number of likely N-dealkylation sites (tertiary alicyclic amines) is 1. The van der Waals surface area contributed by atoms with Crippen molar-refractivity contribution < 1.29 is 9.90 Å². The summed E-state index contributed by atoms with van der Waals surface area (Å²) in [6, 6.07) is 8.38. The van der Waals surface area contributed by atoms with Crippen LogP contribution in [0.25, 0.3) is 0 Å².